The Labute approximate surface area is 139 Å². The van der Waals surface area contributed by atoms with Gasteiger partial charge in [-0.3, -0.25) is 0 Å². The van der Waals surface area contributed by atoms with E-state index in [9.17, 15) is 8.78 Å². The number of hydrogen-bond acceptors (Lipinski definition) is 3. The van der Waals surface area contributed by atoms with E-state index in [1.54, 1.807) is 24.3 Å². The minimum absolute atomic E-state index is 0.237. The molecule has 0 aliphatic carbocycles. The molecule has 0 atom stereocenters. The number of alkyl halides is 2. The summed E-state index contributed by atoms with van der Waals surface area (Å²) in [6.07, 6.45) is -0.566. The Hall–Kier alpha value is -1.75. The van der Waals surface area contributed by atoms with Gasteiger partial charge in [0, 0.05) is 23.7 Å². The zero-order valence-electron chi connectivity index (χ0n) is 12.8. The highest BCUT2D eigenvalue weighted by molar-refractivity contribution is 6.30. The van der Waals surface area contributed by atoms with Crippen molar-refractivity contribution >= 4 is 17.5 Å². The van der Waals surface area contributed by atoms with Crippen LogP contribution in [0.4, 0.5) is 14.7 Å². The number of nitrogens with zero attached hydrogens (tertiary/aromatic N) is 3. The van der Waals surface area contributed by atoms with E-state index in [1.165, 1.54) is 6.07 Å². The van der Waals surface area contributed by atoms with E-state index in [0.29, 0.717) is 22.6 Å². The van der Waals surface area contributed by atoms with Gasteiger partial charge in [0.1, 0.15) is 5.69 Å². The second-order valence-electron chi connectivity index (χ2n) is 5.96. The first-order valence-electron chi connectivity index (χ1n) is 7.71. The molecule has 0 saturated carbocycles. The number of aromatic nitrogens is 2. The van der Waals surface area contributed by atoms with E-state index in [1.807, 2.05) is 4.90 Å². The number of hydrogen-bond donors (Lipinski definition) is 0. The highest BCUT2D eigenvalue weighted by Crippen LogP contribution is 2.28. The van der Waals surface area contributed by atoms with E-state index in [-0.39, 0.29) is 5.69 Å². The lowest BCUT2D eigenvalue weighted by Crippen LogP contribution is -2.34. The van der Waals surface area contributed by atoms with E-state index >= 15 is 0 Å². The quantitative estimate of drug-likeness (QED) is 0.791. The van der Waals surface area contributed by atoms with E-state index in [0.717, 1.165) is 31.5 Å². The lowest BCUT2D eigenvalue weighted by atomic mass is 10.00. The Morgan fingerprint density at radius 2 is 1.78 bits per heavy atom. The lowest BCUT2D eigenvalue weighted by Gasteiger charge is -2.30. The van der Waals surface area contributed by atoms with Gasteiger partial charge >= 0.3 is 0 Å². The molecule has 1 fully saturated rings. The predicted octanol–water partition coefficient (Wildman–Crippen LogP) is 4.97. The van der Waals surface area contributed by atoms with Gasteiger partial charge in [0.15, 0.2) is 0 Å². The Morgan fingerprint density at radius 1 is 1.13 bits per heavy atom. The van der Waals surface area contributed by atoms with Crippen molar-refractivity contribution in [2.75, 3.05) is 18.0 Å². The van der Waals surface area contributed by atoms with Crippen LogP contribution in [0.1, 0.15) is 31.9 Å². The van der Waals surface area contributed by atoms with Gasteiger partial charge in [-0.05, 0) is 37.0 Å². The van der Waals surface area contributed by atoms with E-state index in [4.69, 9.17) is 11.6 Å². The van der Waals surface area contributed by atoms with Crippen LogP contribution in [0.3, 0.4) is 0 Å². The molecule has 1 aromatic heterocycles. The largest absolute Gasteiger partial charge is 0.341 e. The summed E-state index contributed by atoms with van der Waals surface area (Å²) in [4.78, 5) is 10.6. The zero-order valence-corrected chi connectivity index (χ0v) is 13.6. The maximum atomic E-state index is 13.2. The maximum absolute atomic E-state index is 13.2. The fraction of sp³-hybridized carbons (Fsp3) is 0.412. The highest BCUT2D eigenvalue weighted by Gasteiger charge is 2.21. The van der Waals surface area contributed by atoms with Gasteiger partial charge < -0.3 is 4.90 Å². The van der Waals surface area contributed by atoms with Gasteiger partial charge in [-0.1, -0.05) is 30.7 Å². The number of rotatable bonds is 3. The van der Waals surface area contributed by atoms with E-state index in [2.05, 4.69) is 16.9 Å². The van der Waals surface area contributed by atoms with Gasteiger partial charge in [0.25, 0.3) is 6.43 Å². The first-order valence-corrected chi connectivity index (χ1v) is 8.09. The monoisotopic (exact) mass is 337 g/mol. The average Bonchev–Trinajstić information content (AvgIpc) is 2.55. The normalized spacial score (nSPS) is 16.1. The number of benzene rings is 1. The van der Waals surface area contributed by atoms with Crippen LogP contribution >= 0.6 is 11.6 Å². The SMILES string of the molecule is CC1CCN(c2nc(-c3ccc(Cl)cc3)cc(C(F)F)n2)CC1. The summed E-state index contributed by atoms with van der Waals surface area (Å²) in [6, 6.07) is 8.36. The second-order valence-corrected chi connectivity index (χ2v) is 6.39. The minimum Gasteiger partial charge on any atom is -0.341 e. The van der Waals surface area contributed by atoms with Crippen LogP contribution in [0.25, 0.3) is 11.3 Å². The molecule has 1 saturated heterocycles. The molecule has 1 aliphatic rings. The molecule has 3 nitrogen and oxygen atoms in total. The smallest absolute Gasteiger partial charge is 0.280 e. The minimum atomic E-state index is -2.62. The summed E-state index contributed by atoms with van der Waals surface area (Å²) in [5, 5.41) is 0.599. The molecule has 0 spiro atoms. The molecule has 6 heteroatoms. The predicted molar refractivity (Wildman–Crippen MR) is 88.0 cm³/mol. The van der Waals surface area contributed by atoms with Crippen LogP contribution in [0, 0.1) is 5.92 Å². The van der Waals surface area contributed by atoms with Crippen molar-refractivity contribution in [3.05, 3.63) is 41.0 Å². The van der Waals surface area contributed by atoms with Crippen LogP contribution < -0.4 is 4.90 Å². The molecule has 1 aliphatic heterocycles. The van der Waals surface area contributed by atoms with Gasteiger partial charge in [-0.2, -0.15) is 0 Å². The first kappa shape index (κ1) is 16.1. The third kappa shape index (κ3) is 3.78. The van der Waals surface area contributed by atoms with Crippen LogP contribution in [0.15, 0.2) is 30.3 Å². The van der Waals surface area contributed by atoms with Crippen LogP contribution in [-0.2, 0) is 0 Å². The van der Waals surface area contributed by atoms with Crippen molar-refractivity contribution in [2.45, 2.75) is 26.2 Å². The summed E-state index contributed by atoms with van der Waals surface area (Å²) in [5.41, 5.74) is 1.02. The molecule has 1 aromatic carbocycles. The molecule has 2 heterocycles. The van der Waals surface area contributed by atoms with Gasteiger partial charge in [-0.25, -0.2) is 18.7 Å². The van der Waals surface area contributed by atoms with Crippen molar-refractivity contribution in [1.29, 1.82) is 0 Å². The van der Waals surface area contributed by atoms with Crippen molar-refractivity contribution in [3.63, 3.8) is 0 Å². The Bertz CT molecular complexity index is 668. The van der Waals surface area contributed by atoms with E-state index < -0.39 is 6.43 Å². The van der Waals surface area contributed by atoms with Crippen molar-refractivity contribution in [2.24, 2.45) is 5.92 Å². The molecule has 3 rings (SSSR count). The fourth-order valence-corrected chi connectivity index (χ4v) is 2.81. The molecule has 0 unspecified atom stereocenters. The molecular weight excluding hydrogens is 320 g/mol. The first-order chi connectivity index (χ1) is 11.0. The standard InChI is InChI=1S/C17H18ClF2N3/c1-11-6-8-23(9-7-11)17-21-14(10-15(22-17)16(19)20)12-2-4-13(18)5-3-12/h2-5,10-11,16H,6-9H2,1H3. The number of anilines is 1. The van der Waals surface area contributed by atoms with Crippen molar-refractivity contribution in [3.8, 4) is 11.3 Å². The average molecular weight is 338 g/mol. The second kappa shape index (κ2) is 6.79. The maximum Gasteiger partial charge on any atom is 0.280 e. The van der Waals surface area contributed by atoms with Crippen LogP contribution in [0.2, 0.25) is 5.02 Å². The molecule has 2 aromatic rings. The summed E-state index contributed by atoms with van der Waals surface area (Å²) < 4.78 is 26.4. The summed E-state index contributed by atoms with van der Waals surface area (Å²) in [7, 11) is 0. The molecule has 0 radical (unpaired) electrons. The molecule has 0 N–H and O–H groups in total. The van der Waals surface area contributed by atoms with Crippen LogP contribution in [-0.4, -0.2) is 23.1 Å². The molecule has 0 amide bonds. The van der Waals surface area contributed by atoms with Gasteiger partial charge in [0.05, 0.1) is 5.69 Å². The van der Waals surface area contributed by atoms with Crippen molar-refractivity contribution in [1.82, 2.24) is 9.97 Å². The molecule has 23 heavy (non-hydrogen) atoms. The third-order valence-electron chi connectivity index (χ3n) is 4.16. The zero-order chi connectivity index (χ0) is 16.4. The molecule has 0 bridgehead atoms. The van der Waals surface area contributed by atoms with Gasteiger partial charge in [0.2, 0.25) is 5.95 Å². The van der Waals surface area contributed by atoms with Crippen molar-refractivity contribution < 1.29 is 8.78 Å². The third-order valence-corrected chi connectivity index (χ3v) is 4.42. The van der Waals surface area contributed by atoms with Crippen LogP contribution in [0.5, 0.6) is 0 Å². The topological polar surface area (TPSA) is 29.0 Å². The van der Waals surface area contributed by atoms with Gasteiger partial charge in [-0.15, -0.1) is 0 Å². The highest BCUT2D eigenvalue weighted by atomic mass is 35.5. The Kier molecular flexibility index (Phi) is 4.76. The summed E-state index contributed by atoms with van der Waals surface area (Å²) in [6.45, 7) is 3.80. The fourth-order valence-electron chi connectivity index (χ4n) is 2.68. The number of halogens is 3. The summed E-state index contributed by atoms with van der Waals surface area (Å²) in [5.74, 6) is 1.04. The Balaban J connectivity index is 1.97. The molecule has 122 valence electrons. The number of piperidine rings is 1. The molecular formula is C17H18ClF2N3. The Morgan fingerprint density at radius 3 is 2.39 bits per heavy atom. The summed E-state index contributed by atoms with van der Waals surface area (Å²) >= 11 is 5.89. The lowest BCUT2D eigenvalue weighted by molar-refractivity contribution is 0.146.